The van der Waals surface area contributed by atoms with Crippen molar-refractivity contribution in [1.29, 1.82) is 0 Å². The number of carboxylic acids is 1. The molecule has 31 heavy (non-hydrogen) atoms. The lowest BCUT2D eigenvalue weighted by molar-refractivity contribution is -0.141. The van der Waals surface area contributed by atoms with Gasteiger partial charge in [-0.1, -0.05) is 74.6 Å². The highest BCUT2D eigenvalue weighted by Gasteiger charge is 2.28. The Morgan fingerprint density at radius 2 is 1.52 bits per heavy atom. The van der Waals surface area contributed by atoms with Crippen molar-refractivity contribution >= 4 is 17.8 Å². The van der Waals surface area contributed by atoms with E-state index < -0.39 is 24.0 Å². The molecule has 0 saturated heterocycles. The van der Waals surface area contributed by atoms with E-state index in [0.29, 0.717) is 17.9 Å². The third-order valence-electron chi connectivity index (χ3n) is 5.90. The van der Waals surface area contributed by atoms with Crippen LogP contribution in [0.15, 0.2) is 54.6 Å². The maximum Gasteiger partial charge on any atom is 0.325 e. The molecule has 2 unspecified atom stereocenters. The summed E-state index contributed by atoms with van der Waals surface area (Å²) in [5.74, 6) is -1.54. The summed E-state index contributed by atoms with van der Waals surface area (Å²) in [6.07, 6.45) is 6.02. The highest BCUT2D eigenvalue weighted by molar-refractivity contribution is 5.98. The van der Waals surface area contributed by atoms with Crippen LogP contribution in [0.5, 0.6) is 0 Å². The molecule has 2 amide bonds. The number of hydrogen-bond donors (Lipinski definition) is 3. The molecular formula is C25H30N2O4. The van der Waals surface area contributed by atoms with Crippen molar-refractivity contribution in [3.8, 4) is 11.1 Å². The molecule has 2 atom stereocenters. The number of amides is 2. The van der Waals surface area contributed by atoms with Crippen molar-refractivity contribution in [2.45, 2.75) is 57.5 Å². The Kier molecular flexibility index (Phi) is 7.82. The Morgan fingerprint density at radius 3 is 2.13 bits per heavy atom. The highest BCUT2D eigenvalue weighted by atomic mass is 16.4. The summed E-state index contributed by atoms with van der Waals surface area (Å²) >= 11 is 0. The Morgan fingerprint density at radius 1 is 0.903 bits per heavy atom. The summed E-state index contributed by atoms with van der Waals surface area (Å²) in [5, 5.41) is 14.5. The van der Waals surface area contributed by atoms with Crippen LogP contribution in [-0.2, 0) is 9.59 Å². The zero-order chi connectivity index (χ0) is 22.2. The minimum Gasteiger partial charge on any atom is -0.480 e. The lowest BCUT2D eigenvalue weighted by Crippen LogP contribution is -2.51. The van der Waals surface area contributed by atoms with Gasteiger partial charge in [-0.25, -0.2) is 0 Å². The maximum atomic E-state index is 12.9. The van der Waals surface area contributed by atoms with E-state index in [1.54, 1.807) is 12.1 Å². The van der Waals surface area contributed by atoms with Crippen molar-refractivity contribution in [2.24, 2.45) is 5.92 Å². The van der Waals surface area contributed by atoms with Gasteiger partial charge >= 0.3 is 5.97 Å². The van der Waals surface area contributed by atoms with Crippen molar-refractivity contribution in [2.75, 3.05) is 0 Å². The van der Waals surface area contributed by atoms with Gasteiger partial charge in [-0.3, -0.25) is 14.4 Å². The van der Waals surface area contributed by atoms with E-state index in [0.717, 1.165) is 36.8 Å². The fraction of sp³-hybridized carbons (Fsp3) is 0.400. The van der Waals surface area contributed by atoms with Crippen LogP contribution in [0.2, 0.25) is 0 Å². The second kappa shape index (κ2) is 10.8. The molecule has 6 nitrogen and oxygen atoms in total. The Bertz CT molecular complexity index is 889. The van der Waals surface area contributed by atoms with Crippen LogP contribution in [-0.4, -0.2) is 35.0 Å². The lowest BCUT2D eigenvalue weighted by atomic mass is 9.84. The fourth-order valence-electron chi connectivity index (χ4n) is 4.05. The summed E-state index contributed by atoms with van der Waals surface area (Å²) in [6, 6.07) is 15.4. The second-order valence-corrected chi connectivity index (χ2v) is 8.28. The third kappa shape index (κ3) is 6.41. The number of carbonyl (C=O) groups is 3. The van der Waals surface area contributed by atoms with Crippen LogP contribution in [0.25, 0.3) is 11.1 Å². The number of carboxylic acid groups (broad SMARTS) is 1. The van der Waals surface area contributed by atoms with Crippen LogP contribution in [0.1, 0.15) is 55.8 Å². The zero-order valence-electron chi connectivity index (χ0n) is 17.8. The normalized spacial score (nSPS) is 16.2. The van der Waals surface area contributed by atoms with Gasteiger partial charge in [0.25, 0.3) is 5.91 Å². The number of rotatable bonds is 8. The summed E-state index contributed by atoms with van der Waals surface area (Å²) in [7, 11) is 0. The van der Waals surface area contributed by atoms with Gasteiger partial charge in [0.15, 0.2) is 0 Å². The van der Waals surface area contributed by atoms with Crippen molar-refractivity contribution in [3.05, 3.63) is 60.2 Å². The van der Waals surface area contributed by atoms with E-state index in [4.69, 9.17) is 5.11 Å². The SMILES string of the molecule is CC(NC(=O)C(CC1CCCCC1)NC(=O)c1ccc(-c2ccccc2)cc1)C(=O)O. The van der Waals surface area contributed by atoms with Gasteiger partial charge in [-0.15, -0.1) is 0 Å². The molecule has 3 rings (SSSR count). The van der Waals surface area contributed by atoms with Gasteiger partial charge in [0.1, 0.15) is 12.1 Å². The predicted molar refractivity (Wildman–Crippen MR) is 120 cm³/mol. The molecule has 2 aromatic carbocycles. The van der Waals surface area contributed by atoms with Gasteiger partial charge < -0.3 is 15.7 Å². The summed E-state index contributed by atoms with van der Waals surface area (Å²) in [4.78, 5) is 36.7. The third-order valence-corrected chi connectivity index (χ3v) is 5.90. The zero-order valence-corrected chi connectivity index (χ0v) is 17.8. The first-order valence-electron chi connectivity index (χ1n) is 10.9. The predicted octanol–water partition coefficient (Wildman–Crippen LogP) is 4.01. The first-order chi connectivity index (χ1) is 14.9. The lowest BCUT2D eigenvalue weighted by Gasteiger charge is -2.27. The van der Waals surface area contributed by atoms with Crippen LogP contribution in [0.3, 0.4) is 0 Å². The van der Waals surface area contributed by atoms with Gasteiger partial charge in [0.2, 0.25) is 5.91 Å². The molecule has 0 aliphatic heterocycles. The quantitative estimate of drug-likeness (QED) is 0.599. The van der Waals surface area contributed by atoms with Crippen molar-refractivity contribution in [1.82, 2.24) is 10.6 Å². The number of aliphatic carboxylic acids is 1. The van der Waals surface area contributed by atoms with Gasteiger partial charge in [-0.05, 0) is 42.5 Å². The topological polar surface area (TPSA) is 95.5 Å². The van der Waals surface area contributed by atoms with E-state index in [2.05, 4.69) is 10.6 Å². The minimum absolute atomic E-state index is 0.335. The number of benzene rings is 2. The number of carbonyl (C=O) groups excluding carboxylic acids is 2. The molecule has 1 aliphatic carbocycles. The average Bonchev–Trinajstić information content (AvgIpc) is 2.79. The first kappa shape index (κ1) is 22.5. The Balaban J connectivity index is 1.70. The van der Waals surface area contributed by atoms with E-state index in [1.807, 2.05) is 42.5 Å². The summed E-state index contributed by atoms with van der Waals surface area (Å²) < 4.78 is 0. The fourth-order valence-corrected chi connectivity index (χ4v) is 4.05. The van der Waals surface area contributed by atoms with Crippen LogP contribution in [0, 0.1) is 5.92 Å². The molecule has 164 valence electrons. The number of hydrogen-bond acceptors (Lipinski definition) is 3. The maximum absolute atomic E-state index is 12.9. The molecular weight excluding hydrogens is 392 g/mol. The minimum atomic E-state index is -1.10. The van der Waals surface area contributed by atoms with E-state index in [1.165, 1.54) is 13.3 Å². The van der Waals surface area contributed by atoms with Gasteiger partial charge in [0.05, 0.1) is 0 Å². The molecule has 2 aromatic rings. The molecule has 1 aliphatic rings. The van der Waals surface area contributed by atoms with Crippen molar-refractivity contribution in [3.63, 3.8) is 0 Å². The standard InChI is InChI=1S/C25H30N2O4/c1-17(25(30)31)26-24(29)22(16-18-8-4-2-5-9-18)27-23(28)21-14-12-20(13-15-21)19-10-6-3-7-11-19/h3,6-7,10-15,17-18,22H,2,4-5,8-9,16H2,1H3,(H,26,29)(H,27,28)(H,30,31). The summed E-state index contributed by atoms with van der Waals surface area (Å²) in [5.41, 5.74) is 2.53. The van der Waals surface area contributed by atoms with Gasteiger partial charge in [0, 0.05) is 5.56 Å². The first-order valence-corrected chi connectivity index (χ1v) is 10.9. The van der Waals surface area contributed by atoms with Crippen LogP contribution >= 0.6 is 0 Å². The van der Waals surface area contributed by atoms with E-state index in [9.17, 15) is 14.4 Å². The Hall–Kier alpha value is -3.15. The molecule has 0 bridgehead atoms. The Labute approximate surface area is 183 Å². The molecule has 6 heteroatoms. The van der Waals surface area contributed by atoms with Crippen LogP contribution < -0.4 is 10.6 Å². The highest BCUT2D eigenvalue weighted by Crippen LogP contribution is 2.27. The summed E-state index contributed by atoms with van der Waals surface area (Å²) in [6.45, 7) is 1.42. The molecule has 3 N–H and O–H groups in total. The molecule has 1 saturated carbocycles. The van der Waals surface area contributed by atoms with Crippen LogP contribution in [0.4, 0.5) is 0 Å². The van der Waals surface area contributed by atoms with E-state index >= 15 is 0 Å². The molecule has 0 heterocycles. The van der Waals surface area contributed by atoms with Crippen molar-refractivity contribution < 1.29 is 19.5 Å². The molecule has 0 radical (unpaired) electrons. The monoisotopic (exact) mass is 422 g/mol. The molecule has 1 fully saturated rings. The number of nitrogens with one attached hydrogen (secondary N) is 2. The molecule has 0 aromatic heterocycles. The molecule has 0 spiro atoms. The van der Waals surface area contributed by atoms with Gasteiger partial charge in [-0.2, -0.15) is 0 Å². The average molecular weight is 423 g/mol. The largest absolute Gasteiger partial charge is 0.480 e. The van der Waals surface area contributed by atoms with E-state index in [-0.39, 0.29) is 5.91 Å². The second-order valence-electron chi connectivity index (χ2n) is 8.28. The smallest absolute Gasteiger partial charge is 0.325 e.